The summed E-state index contributed by atoms with van der Waals surface area (Å²) in [5.74, 6) is 0.779. The third kappa shape index (κ3) is 3.77. The third-order valence-electron chi connectivity index (χ3n) is 5.19. The number of nitrogens with zero attached hydrogens (tertiary/aromatic N) is 4. The second-order valence-electron chi connectivity index (χ2n) is 7.23. The number of carbonyl (C=O) groups excluding carboxylic acids is 1. The van der Waals surface area contributed by atoms with Crippen molar-refractivity contribution in [3.63, 3.8) is 0 Å². The van der Waals surface area contributed by atoms with Crippen LogP contribution in [0.3, 0.4) is 0 Å². The van der Waals surface area contributed by atoms with E-state index in [-0.39, 0.29) is 11.8 Å². The molecule has 1 spiro atoms. The number of hydrogen-bond acceptors (Lipinski definition) is 6. The average molecular weight is 365 g/mol. The Balaban J connectivity index is 1.31. The predicted molar refractivity (Wildman–Crippen MR) is 103 cm³/mol. The Kier molecular flexibility index (Phi) is 4.75. The molecule has 3 heterocycles. The maximum atomic E-state index is 12.5. The van der Waals surface area contributed by atoms with Crippen molar-refractivity contribution in [3.8, 4) is 0 Å². The summed E-state index contributed by atoms with van der Waals surface area (Å²) in [6, 6.07) is 11.9. The Bertz CT molecular complexity index is 827. The van der Waals surface area contributed by atoms with Gasteiger partial charge in [0.2, 0.25) is 5.95 Å². The summed E-state index contributed by atoms with van der Waals surface area (Å²) < 4.78 is 0. The summed E-state index contributed by atoms with van der Waals surface area (Å²) >= 11 is 0. The van der Waals surface area contributed by atoms with E-state index in [0.29, 0.717) is 31.2 Å². The molecule has 2 aromatic rings. The summed E-state index contributed by atoms with van der Waals surface area (Å²) in [5, 5.41) is 7.07. The van der Waals surface area contributed by atoms with Crippen LogP contribution < -0.4 is 10.2 Å². The zero-order valence-electron chi connectivity index (χ0n) is 15.3. The Labute approximate surface area is 158 Å². The van der Waals surface area contributed by atoms with Gasteiger partial charge in [0.25, 0.3) is 5.91 Å². The molecular weight excluding hydrogens is 342 g/mol. The van der Waals surface area contributed by atoms with Crippen LogP contribution in [0, 0.1) is 0 Å². The molecule has 0 bridgehead atoms. The first-order chi connectivity index (χ1) is 13.2. The normalized spacial score (nSPS) is 22.4. The minimum absolute atomic E-state index is 0.149. The van der Waals surface area contributed by atoms with E-state index >= 15 is 0 Å². The SMILES string of the molecule is C[C@@H](CNC(=O)C1=NO[C@@]2(CCN(c3ncccn3)C2)C1)c1ccccc1. The second kappa shape index (κ2) is 7.34. The lowest BCUT2D eigenvalue weighted by Gasteiger charge is -2.21. The number of hydrogen-bond donors (Lipinski definition) is 1. The van der Waals surface area contributed by atoms with Crippen molar-refractivity contribution >= 4 is 17.6 Å². The topological polar surface area (TPSA) is 79.7 Å². The molecule has 1 aromatic carbocycles. The van der Waals surface area contributed by atoms with Crippen molar-refractivity contribution < 1.29 is 9.63 Å². The lowest BCUT2D eigenvalue weighted by Crippen LogP contribution is -2.38. The quantitative estimate of drug-likeness (QED) is 0.878. The van der Waals surface area contributed by atoms with E-state index in [0.717, 1.165) is 13.0 Å². The van der Waals surface area contributed by atoms with Gasteiger partial charge in [-0.1, -0.05) is 42.4 Å². The number of anilines is 1. The van der Waals surface area contributed by atoms with Gasteiger partial charge in [0.15, 0.2) is 5.60 Å². The first kappa shape index (κ1) is 17.5. The third-order valence-corrected chi connectivity index (χ3v) is 5.19. The molecule has 1 aromatic heterocycles. The zero-order chi connectivity index (χ0) is 18.7. The van der Waals surface area contributed by atoms with Crippen LogP contribution in [-0.4, -0.2) is 46.8 Å². The molecule has 1 N–H and O–H groups in total. The standard InChI is InChI=1S/C20H23N5O2/c1-15(16-6-3-2-4-7-16)13-23-18(26)17-12-20(27-24-17)8-11-25(14-20)19-21-9-5-10-22-19/h2-7,9-10,15H,8,11-14H2,1H3,(H,23,26)/t15-,20-/m0/s1. The van der Waals surface area contributed by atoms with Gasteiger partial charge in [-0.05, 0) is 17.5 Å². The van der Waals surface area contributed by atoms with Crippen LogP contribution in [0.15, 0.2) is 53.9 Å². The molecule has 1 saturated heterocycles. The largest absolute Gasteiger partial charge is 0.386 e. The highest BCUT2D eigenvalue weighted by Gasteiger charge is 2.47. The predicted octanol–water partition coefficient (Wildman–Crippen LogP) is 2.12. The van der Waals surface area contributed by atoms with Crippen molar-refractivity contribution in [2.75, 3.05) is 24.5 Å². The maximum absolute atomic E-state index is 12.5. The molecule has 0 radical (unpaired) electrons. The molecule has 1 fully saturated rings. The molecule has 140 valence electrons. The lowest BCUT2D eigenvalue weighted by atomic mass is 9.96. The summed E-state index contributed by atoms with van der Waals surface area (Å²) in [6.07, 6.45) is 4.77. The summed E-state index contributed by atoms with van der Waals surface area (Å²) in [6.45, 7) is 4.09. The van der Waals surface area contributed by atoms with Crippen LogP contribution in [0.25, 0.3) is 0 Å². The van der Waals surface area contributed by atoms with E-state index in [2.05, 4.69) is 44.4 Å². The van der Waals surface area contributed by atoms with Crippen LogP contribution in [0.4, 0.5) is 5.95 Å². The van der Waals surface area contributed by atoms with Gasteiger partial charge in [0.05, 0.1) is 6.54 Å². The van der Waals surface area contributed by atoms with E-state index < -0.39 is 5.60 Å². The molecule has 2 aliphatic heterocycles. The molecule has 2 aliphatic rings. The second-order valence-corrected chi connectivity index (χ2v) is 7.23. The van der Waals surface area contributed by atoms with E-state index in [1.54, 1.807) is 18.5 Å². The number of nitrogens with one attached hydrogen (secondary N) is 1. The van der Waals surface area contributed by atoms with E-state index in [1.807, 2.05) is 18.2 Å². The monoisotopic (exact) mass is 365 g/mol. The minimum atomic E-state index is -0.447. The molecule has 1 amide bonds. The lowest BCUT2D eigenvalue weighted by molar-refractivity contribution is -0.115. The molecule has 0 saturated carbocycles. The Morgan fingerprint density at radius 1 is 1.26 bits per heavy atom. The van der Waals surface area contributed by atoms with Crippen LogP contribution in [-0.2, 0) is 9.63 Å². The smallest absolute Gasteiger partial charge is 0.269 e. The van der Waals surface area contributed by atoms with Gasteiger partial charge in [-0.2, -0.15) is 0 Å². The van der Waals surface area contributed by atoms with Crippen LogP contribution in [0.5, 0.6) is 0 Å². The molecule has 0 aliphatic carbocycles. The van der Waals surface area contributed by atoms with Crippen molar-refractivity contribution in [2.45, 2.75) is 31.3 Å². The molecule has 7 nitrogen and oxygen atoms in total. The van der Waals surface area contributed by atoms with Gasteiger partial charge in [-0.25, -0.2) is 9.97 Å². The van der Waals surface area contributed by atoms with Crippen molar-refractivity contribution in [2.24, 2.45) is 5.16 Å². The Morgan fingerprint density at radius 3 is 2.81 bits per heavy atom. The molecule has 4 rings (SSSR count). The molecule has 7 heteroatoms. The average Bonchev–Trinajstić information content (AvgIpc) is 3.34. The summed E-state index contributed by atoms with van der Waals surface area (Å²) in [4.78, 5) is 28.9. The molecule has 0 unspecified atom stereocenters. The highest BCUT2D eigenvalue weighted by Crippen LogP contribution is 2.35. The molecule has 27 heavy (non-hydrogen) atoms. The first-order valence-electron chi connectivity index (χ1n) is 9.25. The number of oxime groups is 1. The number of benzene rings is 1. The summed E-state index contributed by atoms with van der Waals surface area (Å²) in [5.41, 5.74) is 1.22. The van der Waals surface area contributed by atoms with Gasteiger partial charge in [-0.15, -0.1) is 0 Å². The molecule has 2 atom stereocenters. The fourth-order valence-corrected chi connectivity index (χ4v) is 3.58. The van der Waals surface area contributed by atoms with Gasteiger partial charge < -0.3 is 15.1 Å². The van der Waals surface area contributed by atoms with Gasteiger partial charge in [0.1, 0.15) is 5.71 Å². The maximum Gasteiger partial charge on any atom is 0.269 e. The fraction of sp³-hybridized carbons (Fsp3) is 0.400. The summed E-state index contributed by atoms with van der Waals surface area (Å²) in [7, 11) is 0. The van der Waals surface area contributed by atoms with Gasteiger partial charge in [-0.3, -0.25) is 4.79 Å². The highest BCUT2D eigenvalue weighted by molar-refractivity contribution is 6.39. The Hall–Kier alpha value is -2.96. The van der Waals surface area contributed by atoms with E-state index in [1.165, 1.54) is 5.56 Å². The molecular formula is C20H23N5O2. The fourth-order valence-electron chi connectivity index (χ4n) is 3.58. The van der Waals surface area contributed by atoms with Crippen LogP contribution >= 0.6 is 0 Å². The zero-order valence-corrected chi connectivity index (χ0v) is 15.3. The van der Waals surface area contributed by atoms with Crippen LogP contribution in [0.2, 0.25) is 0 Å². The first-order valence-corrected chi connectivity index (χ1v) is 9.25. The van der Waals surface area contributed by atoms with Crippen molar-refractivity contribution in [1.82, 2.24) is 15.3 Å². The number of carbonyl (C=O) groups is 1. The Morgan fingerprint density at radius 2 is 2.04 bits per heavy atom. The van der Waals surface area contributed by atoms with Crippen molar-refractivity contribution in [3.05, 3.63) is 54.4 Å². The van der Waals surface area contributed by atoms with E-state index in [4.69, 9.17) is 4.84 Å². The van der Waals surface area contributed by atoms with E-state index in [9.17, 15) is 4.79 Å². The van der Waals surface area contributed by atoms with Crippen LogP contribution in [0.1, 0.15) is 31.2 Å². The van der Waals surface area contributed by atoms with Gasteiger partial charge >= 0.3 is 0 Å². The number of amides is 1. The minimum Gasteiger partial charge on any atom is -0.386 e. The highest BCUT2D eigenvalue weighted by atomic mass is 16.7. The number of rotatable bonds is 5. The van der Waals surface area contributed by atoms with Gasteiger partial charge in [0, 0.05) is 38.3 Å². The van der Waals surface area contributed by atoms with Crippen molar-refractivity contribution in [1.29, 1.82) is 0 Å². The number of aromatic nitrogens is 2.